The lowest BCUT2D eigenvalue weighted by Gasteiger charge is -2.00. The van der Waals surface area contributed by atoms with E-state index >= 15 is 0 Å². The molecular formula is C13H12ClFN2O3. The summed E-state index contributed by atoms with van der Waals surface area (Å²) >= 11 is 5.91. The molecule has 1 aromatic heterocycles. The number of hydrogen-bond donors (Lipinski definition) is 0. The molecule has 0 unspecified atom stereocenters. The molecule has 2 rings (SSSR count). The molecule has 20 heavy (non-hydrogen) atoms. The molecule has 5 nitrogen and oxygen atoms in total. The molecule has 0 radical (unpaired) electrons. The number of halogens is 2. The maximum atomic E-state index is 12.9. The van der Waals surface area contributed by atoms with Gasteiger partial charge in [0.05, 0.1) is 6.61 Å². The van der Waals surface area contributed by atoms with Crippen LogP contribution in [0.2, 0.25) is 5.02 Å². The first kappa shape index (κ1) is 14.5. The second-order valence-corrected chi connectivity index (χ2v) is 4.41. The summed E-state index contributed by atoms with van der Waals surface area (Å²) in [6.45, 7) is 2.01. The fourth-order valence-corrected chi connectivity index (χ4v) is 1.84. The number of hydrogen-bond acceptors (Lipinski definition) is 5. The van der Waals surface area contributed by atoms with Crippen molar-refractivity contribution in [2.24, 2.45) is 0 Å². The molecule has 0 fully saturated rings. The predicted octanol–water partition coefficient (Wildman–Crippen LogP) is 2.56. The highest BCUT2D eigenvalue weighted by molar-refractivity contribution is 6.31. The van der Waals surface area contributed by atoms with E-state index in [1.165, 1.54) is 12.1 Å². The van der Waals surface area contributed by atoms with Crippen LogP contribution in [-0.4, -0.2) is 22.7 Å². The van der Waals surface area contributed by atoms with E-state index in [0.717, 1.165) is 0 Å². The number of benzene rings is 1. The van der Waals surface area contributed by atoms with Gasteiger partial charge >= 0.3 is 5.97 Å². The molecule has 0 aliphatic heterocycles. The Balaban J connectivity index is 2.04. The van der Waals surface area contributed by atoms with E-state index in [0.29, 0.717) is 29.4 Å². The molecular weight excluding hydrogens is 287 g/mol. The SMILES string of the molecule is CCOC(=O)Cc1nc(Cc2ccc(F)cc2Cl)no1. The summed E-state index contributed by atoms with van der Waals surface area (Å²) in [5.74, 6) is -0.285. The zero-order chi connectivity index (χ0) is 14.5. The first-order chi connectivity index (χ1) is 9.58. The quantitative estimate of drug-likeness (QED) is 0.794. The third-order valence-corrected chi connectivity index (χ3v) is 2.83. The van der Waals surface area contributed by atoms with E-state index < -0.39 is 11.8 Å². The molecule has 0 saturated carbocycles. The van der Waals surface area contributed by atoms with Gasteiger partial charge in [-0.1, -0.05) is 22.8 Å². The van der Waals surface area contributed by atoms with Crippen LogP contribution in [0.15, 0.2) is 22.7 Å². The van der Waals surface area contributed by atoms with Crippen molar-refractivity contribution in [2.45, 2.75) is 19.8 Å². The normalized spacial score (nSPS) is 10.6. The van der Waals surface area contributed by atoms with Crippen molar-refractivity contribution in [3.8, 4) is 0 Å². The van der Waals surface area contributed by atoms with Crippen LogP contribution < -0.4 is 0 Å². The second kappa shape index (κ2) is 6.47. The maximum Gasteiger partial charge on any atom is 0.315 e. The van der Waals surface area contributed by atoms with Gasteiger partial charge in [0.1, 0.15) is 12.2 Å². The molecule has 0 bridgehead atoms. The summed E-state index contributed by atoms with van der Waals surface area (Å²) in [4.78, 5) is 15.3. The van der Waals surface area contributed by atoms with Crippen LogP contribution in [0.25, 0.3) is 0 Å². The van der Waals surface area contributed by atoms with Crippen LogP contribution in [-0.2, 0) is 22.4 Å². The smallest absolute Gasteiger partial charge is 0.315 e. The highest BCUT2D eigenvalue weighted by Gasteiger charge is 2.13. The van der Waals surface area contributed by atoms with Gasteiger partial charge in [-0.25, -0.2) is 4.39 Å². The number of carbonyl (C=O) groups is 1. The zero-order valence-electron chi connectivity index (χ0n) is 10.7. The number of nitrogens with zero attached hydrogens (tertiary/aromatic N) is 2. The summed E-state index contributed by atoms with van der Waals surface area (Å²) in [5, 5.41) is 4.04. The number of rotatable bonds is 5. The van der Waals surface area contributed by atoms with Crippen LogP contribution in [0.4, 0.5) is 4.39 Å². The van der Waals surface area contributed by atoms with E-state index in [-0.39, 0.29) is 12.3 Å². The number of aromatic nitrogens is 2. The van der Waals surface area contributed by atoms with Crippen molar-refractivity contribution in [1.82, 2.24) is 10.1 Å². The Kier molecular flexibility index (Phi) is 4.68. The standard InChI is InChI=1S/C13H12ClFN2O3/c1-2-19-13(18)7-12-16-11(17-20-12)5-8-3-4-9(15)6-10(8)14/h3-4,6H,2,5,7H2,1H3. The van der Waals surface area contributed by atoms with Gasteiger partial charge in [0.2, 0.25) is 5.89 Å². The molecule has 106 valence electrons. The Bertz CT molecular complexity index is 615. The summed E-state index contributed by atoms with van der Waals surface area (Å²) < 4.78 is 22.6. The van der Waals surface area contributed by atoms with Crippen molar-refractivity contribution in [1.29, 1.82) is 0 Å². The van der Waals surface area contributed by atoms with E-state index in [4.69, 9.17) is 20.9 Å². The Morgan fingerprint density at radius 3 is 3.00 bits per heavy atom. The van der Waals surface area contributed by atoms with Gasteiger partial charge in [-0.15, -0.1) is 0 Å². The highest BCUT2D eigenvalue weighted by Crippen LogP contribution is 2.19. The van der Waals surface area contributed by atoms with Crippen LogP contribution in [0.1, 0.15) is 24.2 Å². The van der Waals surface area contributed by atoms with Crippen molar-refractivity contribution in [2.75, 3.05) is 6.61 Å². The Labute approximate surface area is 119 Å². The molecule has 0 aliphatic rings. The fraction of sp³-hybridized carbons (Fsp3) is 0.308. The maximum absolute atomic E-state index is 12.9. The van der Waals surface area contributed by atoms with Crippen LogP contribution >= 0.6 is 11.6 Å². The van der Waals surface area contributed by atoms with Crippen LogP contribution in [0, 0.1) is 5.82 Å². The van der Waals surface area contributed by atoms with Crippen molar-refractivity contribution in [3.63, 3.8) is 0 Å². The number of carbonyl (C=O) groups excluding carboxylic acids is 1. The monoisotopic (exact) mass is 298 g/mol. The molecule has 0 amide bonds. The van der Waals surface area contributed by atoms with E-state index in [1.54, 1.807) is 13.0 Å². The van der Waals surface area contributed by atoms with Gasteiger partial charge in [-0.3, -0.25) is 4.79 Å². The van der Waals surface area contributed by atoms with Gasteiger partial charge in [0.15, 0.2) is 5.82 Å². The van der Waals surface area contributed by atoms with E-state index in [1.807, 2.05) is 0 Å². The summed E-state index contributed by atoms with van der Waals surface area (Å²) in [6, 6.07) is 4.08. The molecule has 7 heteroatoms. The van der Waals surface area contributed by atoms with Crippen molar-refractivity contribution >= 4 is 17.6 Å². The van der Waals surface area contributed by atoms with Crippen LogP contribution in [0.3, 0.4) is 0 Å². The molecule has 0 saturated heterocycles. The molecule has 0 atom stereocenters. The van der Waals surface area contributed by atoms with Gasteiger partial charge < -0.3 is 9.26 Å². The molecule has 1 heterocycles. The lowest BCUT2D eigenvalue weighted by Crippen LogP contribution is -2.07. The van der Waals surface area contributed by atoms with Gasteiger partial charge in [0.25, 0.3) is 0 Å². The molecule has 0 aliphatic carbocycles. The van der Waals surface area contributed by atoms with Gasteiger partial charge in [-0.2, -0.15) is 4.98 Å². The Hall–Kier alpha value is -1.95. The minimum atomic E-state index is -0.428. The van der Waals surface area contributed by atoms with Gasteiger partial charge in [0, 0.05) is 11.4 Å². The summed E-state index contributed by atoms with van der Waals surface area (Å²) in [7, 11) is 0. The summed E-state index contributed by atoms with van der Waals surface area (Å²) in [6.07, 6.45) is 0.226. The molecule has 2 aromatic rings. The van der Waals surface area contributed by atoms with Crippen molar-refractivity contribution in [3.05, 3.63) is 46.3 Å². The fourth-order valence-electron chi connectivity index (χ4n) is 1.60. The lowest BCUT2D eigenvalue weighted by molar-refractivity contribution is -0.142. The number of ether oxygens (including phenoxy) is 1. The minimum Gasteiger partial charge on any atom is -0.466 e. The average molecular weight is 299 g/mol. The Morgan fingerprint density at radius 2 is 2.30 bits per heavy atom. The highest BCUT2D eigenvalue weighted by atomic mass is 35.5. The zero-order valence-corrected chi connectivity index (χ0v) is 11.5. The average Bonchev–Trinajstić information content (AvgIpc) is 2.80. The topological polar surface area (TPSA) is 65.2 Å². The third kappa shape index (κ3) is 3.77. The third-order valence-electron chi connectivity index (χ3n) is 2.47. The minimum absolute atomic E-state index is 0.0714. The van der Waals surface area contributed by atoms with Crippen LogP contribution in [0.5, 0.6) is 0 Å². The van der Waals surface area contributed by atoms with Crippen molar-refractivity contribution < 1.29 is 18.4 Å². The molecule has 0 N–H and O–H groups in total. The largest absolute Gasteiger partial charge is 0.466 e. The lowest BCUT2D eigenvalue weighted by atomic mass is 10.1. The van der Waals surface area contributed by atoms with E-state index in [2.05, 4.69) is 10.1 Å². The molecule has 1 aromatic carbocycles. The summed E-state index contributed by atoms with van der Waals surface area (Å²) in [5.41, 5.74) is 0.677. The van der Waals surface area contributed by atoms with E-state index in [9.17, 15) is 9.18 Å². The predicted molar refractivity (Wildman–Crippen MR) is 68.9 cm³/mol. The van der Waals surface area contributed by atoms with Gasteiger partial charge in [-0.05, 0) is 24.6 Å². The first-order valence-electron chi connectivity index (χ1n) is 5.99. The Morgan fingerprint density at radius 1 is 1.50 bits per heavy atom. The first-order valence-corrected chi connectivity index (χ1v) is 6.37. The second-order valence-electron chi connectivity index (χ2n) is 4.00. The number of esters is 1. The molecule has 0 spiro atoms.